The van der Waals surface area contributed by atoms with E-state index >= 15 is 0 Å². The van der Waals surface area contributed by atoms with Gasteiger partial charge in [0, 0.05) is 6.92 Å². The molecule has 0 aliphatic heterocycles. The molecule has 2 aromatic carbocycles. The largest absolute Gasteiger partial charge is 0.454 e. The average Bonchev–Trinajstić information content (AvgIpc) is 2.41. The Hall–Kier alpha value is -2.87. The van der Waals surface area contributed by atoms with E-state index in [0.717, 1.165) is 0 Å². The number of halogens is 1. The lowest BCUT2D eigenvalue weighted by atomic mass is 10.2. The van der Waals surface area contributed by atoms with Crippen LogP contribution in [0, 0.1) is 17.1 Å². The third-order valence-electron chi connectivity index (χ3n) is 2.50. The lowest BCUT2D eigenvalue weighted by Crippen LogP contribution is -2.07. The van der Waals surface area contributed by atoms with Crippen LogP contribution in [0.5, 0.6) is 11.5 Å². The summed E-state index contributed by atoms with van der Waals surface area (Å²) in [6.45, 7) is 1.37. The maximum atomic E-state index is 13.5. The molecule has 0 aliphatic carbocycles. The van der Waals surface area contributed by atoms with Crippen LogP contribution >= 0.6 is 0 Å². The van der Waals surface area contributed by atoms with Crippen molar-refractivity contribution in [2.24, 2.45) is 0 Å². The molecule has 0 aliphatic rings. The zero-order valence-corrected chi connectivity index (χ0v) is 10.7. The predicted octanol–water partition coefficient (Wildman–Crippen LogP) is 3.45. The van der Waals surface area contributed by atoms with Gasteiger partial charge in [0.25, 0.3) is 0 Å². The van der Waals surface area contributed by atoms with Crippen molar-refractivity contribution in [1.29, 1.82) is 5.26 Å². The van der Waals surface area contributed by atoms with Crippen molar-refractivity contribution in [2.45, 2.75) is 6.92 Å². The molecule has 0 saturated carbocycles. The Morgan fingerprint density at radius 2 is 1.90 bits per heavy atom. The Bertz CT molecular complexity index is 693. The summed E-state index contributed by atoms with van der Waals surface area (Å²) in [5, 5.41) is 11.6. The Labute approximate surface area is 115 Å². The third-order valence-corrected chi connectivity index (χ3v) is 2.50. The molecular weight excluding hydrogens is 259 g/mol. The predicted molar refractivity (Wildman–Crippen MR) is 71.9 cm³/mol. The van der Waals surface area contributed by atoms with Crippen molar-refractivity contribution >= 4 is 11.6 Å². The van der Waals surface area contributed by atoms with E-state index in [1.54, 1.807) is 30.3 Å². The van der Waals surface area contributed by atoms with Gasteiger partial charge in [-0.25, -0.2) is 4.39 Å². The summed E-state index contributed by atoms with van der Waals surface area (Å²) in [4.78, 5) is 11.1. The van der Waals surface area contributed by atoms with E-state index in [1.165, 1.54) is 25.1 Å². The van der Waals surface area contributed by atoms with Crippen molar-refractivity contribution in [3.8, 4) is 17.6 Å². The van der Waals surface area contributed by atoms with E-state index in [2.05, 4.69) is 5.32 Å². The highest BCUT2D eigenvalue weighted by molar-refractivity contribution is 5.90. The number of rotatable bonds is 3. The van der Waals surface area contributed by atoms with Gasteiger partial charge in [-0.2, -0.15) is 5.26 Å². The molecule has 0 heterocycles. The molecule has 20 heavy (non-hydrogen) atoms. The van der Waals surface area contributed by atoms with Crippen LogP contribution in [0.1, 0.15) is 12.5 Å². The average molecular weight is 270 g/mol. The monoisotopic (exact) mass is 270 g/mol. The first kappa shape index (κ1) is 13.6. The summed E-state index contributed by atoms with van der Waals surface area (Å²) in [7, 11) is 0. The molecule has 1 N–H and O–H groups in total. The van der Waals surface area contributed by atoms with Crippen LogP contribution < -0.4 is 10.1 Å². The second-order valence-electron chi connectivity index (χ2n) is 4.00. The fourth-order valence-corrected chi connectivity index (χ4v) is 1.66. The Balaban J connectivity index is 2.38. The first-order chi connectivity index (χ1) is 9.61. The van der Waals surface area contributed by atoms with E-state index in [9.17, 15) is 9.18 Å². The van der Waals surface area contributed by atoms with Crippen LogP contribution in [0.25, 0.3) is 0 Å². The standard InChI is InChI=1S/C15H11FN2O2/c1-10(19)18-13-6-2-3-7-15(13)20-14-8-4-5-12(16)11(14)9-17/h2-8H,1H3,(H,18,19). The fourth-order valence-electron chi connectivity index (χ4n) is 1.66. The molecule has 1 amide bonds. The van der Waals surface area contributed by atoms with Gasteiger partial charge >= 0.3 is 0 Å². The second kappa shape index (κ2) is 5.85. The number of benzene rings is 2. The minimum atomic E-state index is -0.651. The Morgan fingerprint density at radius 1 is 1.20 bits per heavy atom. The van der Waals surface area contributed by atoms with E-state index in [1.807, 2.05) is 0 Å². The zero-order valence-electron chi connectivity index (χ0n) is 10.7. The smallest absolute Gasteiger partial charge is 0.221 e. The minimum Gasteiger partial charge on any atom is -0.454 e. The van der Waals surface area contributed by atoms with Crippen LogP contribution in [0.3, 0.4) is 0 Å². The quantitative estimate of drug-likeness (QED) is 0.929. The van der Waals surface area contributed by atoms with E-state index < -0.39 is 5.82 Å². The lowest BCUT2D eigenvalue weighted by molar-refractivity contribution is -0.114. The Kier molecular flexibility index (Phi) is 3.96. The van der Waals surface area contributed by atoms with Gasteiger partial charge in [-0.05, 0) is 24.3 Å². The van der Waals surface area contributed by atoms with Crippen LogP contribution in [0.4, 0.5) is 10.1 Å². The van der Waals surface area contributed by atoms with Crippen LogP contribution in [-0.2, 0) is 4.79 Å². The first-order valence-electron chi connectivity index (χ1n) is 5.85. The van der Waals surface area contributed by atoms with Crippen LogP contribution in [0.2, 0.25) is 0 Å². The number of hydrogen-bond acceptors (Lipinski definition) is 3. The molecule has 2 rings (SSSR count). The van der Waals surface area contributed by atoms with Gasteiger partial charge in [-0.3, -0.25) is 4.79 Å². The topological polar surface area (TPSA) is 62.1 Å². The van der Waals surface area contributed by atoms with E-state index in [4.69, 9.17) is 10.00 Å². The van der Waals surface area contributed by atoms with E-state index in [-0.39, 0.29) is 17.2 Å². The molecule has 0 radical (unpaired) electrons. The third kappa shape index (κ3) is 2.93. The van der Waals surface area contributed by atoms with Gasteiger partial charge < -0.3 is 10.1 Å². The number of carbonyl (C=O) groups excluding carboxylic acids is 1. The summed E-state index contributed by atoms with van der Waals surface area (Å²) in [5.74, 6) is -0.460. The molecule has 0 saturated heterocycles. The fraction of sp³-hybridized carbons (Fsp3) is 0.0667. The van der Waals surface area contributed by atoms with Gasteiger partial charge in [0.05, 0.1) is 5.69 Å². The lowest BCUT2D eigenvalue weighted by Gasteiger charge is -2.12. The number of ether oxygens (including phenoxy) is 1. The van der Waals surface area contributed by atoms with Gasteiger partial charge in [0.1, 0.15) is 23.2 Å². The number of carbonyl (C=O) groups is 1. The molecule has 0 unspecified atom stereocenters. The molecule has 0 aromatic heterocycles. The van der Waals surface area contributed by atoms with Crippen molar-refractivity contribution in [3.05, 3.63) is 53.8 Å². The number of nitrogens with zero attached hydrogens (tertiary/aromatic N) is 1. The zero-order chi connectivity index (χ0) is 14.5. The molecule has 0 atom stereocenters. The molecule has 0 spiro atoms. The molecular formula is C15H11FN2O2. The molecule has 2 aromatic rings. The first-order valence-corrected chi connectivity index (χ1v) is 5.85. The molecule has 100 valence electrons. The van der Waals surface area contributed by atoms with Gasteiger partial charge in [0.2, 0.25) is 5.91 Å². The summed E-state index contributed by atoms with van der Waals surface area (Å²) in [5.41, 5.74) is 0.276. The minimum absolute atomic E-state index is 0.102. The van der Waals surface area contributed by atoms with Crippen molar-refractivity contribution in [3.63, 3.8) is 0 Å². The van der Waals surface area contributed by atoms with Gasteiger partial charge in [0.15, 0.2) is 5.75 Å². The summed E-state index contributed by atoms with van der Waals surface area (Å²) in [6, 6.07) is 12.6. The number of nitrogens with one attached hydrogen (secondary N) is 1. The second-order valence-corrected chi connectivity index (χ2v) is 4.00. The highest BCUT2D eigenvalue weighted by atomic mass is 19.1. The highest BCUT2D eigenvalue weighted by Gasteiger charge is 2.12. The van der Waals surface area contributed by atoms with Crippen molar-refractivity contribution in [2.75, 3.05) is 5.32 Å². The number of para-hydroxylation sites is 2. The van der Waals surface area contributed by atoms with Gasteiger partial charge in [-0.1, -0.05) is 18.2 Å². The van der Waals surface area contributed by atoms with Gasteiger partial charge in [-0.15, -0.1) is 0 Å². The number of anilines is 1. The van der Waals surface area contributed by atoms with Crippen LogP contribution in [0.15, 0.2) is 42.5 Å². The maximum Gasteiger partial charge on any atom is 0.221 e. The SMILES string of the molecule is CC(=O)Nc1ccccc1Oc1cccc(F)c1C#N. The normalized spacial score (nSPS) is 9.65. The highest BCUT2D eigenvalue weighted by Crippen LogP contribution is 2.31. The maximum absolute atomic E-state index is 13.5. The molecule has 4 nitrogen and oxygen atoms in total. The molecule has 5 heteroatoms. The van der Waals surface area contributed by atoms with E-state index in [0.29, 0.717) is 11.4 Å². The summed E-state index contributed by atoms with van der Waals surface area (Å²) >= 11 is 0. The van der Waals surface area contributed by atoms with Crippen molar-refractivity contribution in [1.82, 2.24) is 0 Å². The summed E-state index contributed by atoms with van der Waals surface area (Å²) < 4.78 is 19.0. The number of amides is 1. The van der Waals surface area contributed by atoms with Crippen molar-refractivity contribution < 1.29 is 13.9 Å². The van der Waals surface area contributed by atoms with Crippen LogP contribution in [-0.4, -0.2) is 5.91 Å². The Morgan fingerprint density at radius 3 is 2.60 bits per heavy atom. The molecule has 0 bridgehead atoms. The summed E-state index contributed by atoms with van der Waals surface area (Å²) in [6.07, 6.45) is 0. The number of nitriles is 1. The molecule has 0 fully saturated rings. The number of hydrogen-bond donors (Lipinski definition) is 1.